The minimum atomic E-state index is -5.02. The molecule has 0 aliphatic heterocycles. The summed E-state index contributed by atoms with van der Waals surface area (Å²) in [5.74, 6) is -3.14. The summed E-state index contributed by atoms with van der Waals surface area (Å²) in [6, 6.07) is 4.64. The fraction of sp³-hybridized carbons (Fsp3) is 0.333. The van der Waals surface area contributed by atoms with Crippen molar-refractivity contribution in [3.63, 3.8) is 0 Å². The van der Waals surface area contributed by atoms with Crippen LogP contribution in [0.2, 0.25) is 0 Å². The van der Waals surface area contributed by atoms with Gasteiger partial charge in [0.1, 0.15) is 11.5 Å². The number of hydrogen-bond donors (Lipinski definition) is 1. The average Bonchev–Trinajstić information content (AvgIpc) is 2.99. The second kappa shape index (κ2) is 7.50. The van der Waals surface area contributed by atoms with Crippen LogP contribution in [0.15, 0.2) is 24.3 Å². The van der Waals surface area contributed by atoms with Gasteiger partial charge in [-0.2, -0.15) is 13.2 Å². The van der Waals surface area contributed by atoms with Crippen LogP contribution in [0.4, 0.5) is 17.6 Å². The van der Waals surface area contributed by atoms with E-state index in [0.29, 0.717) is 0 Å². The highest BCUT2D eigenvalue weighted by Gasteiger charge is 2.42. The number of carboxylic acid groups (broad SMARTS) is 1. The van der Waals surface area contributed by atoms with Gasteiger partial charge in [-0.05, 0) is 18.6 Å². The first kappa shape index (κ1) is 19.3. The zero-order chi connectivity index (χ0) is 19.5. The zero-order valence-corrected chi connectivity index (χ0v) is 13.5. The summed E-state index contributed by atoms with van der Waals surface area (Å²) in [6.45, 7) is -0.0883. The molecule has 0 saturated heterocycles. The third kappa shape index (κ3) is 4.16. The van der Waals surface area contributed by atoms with Crippen LogP contribution in [-0.2, 0) is 11.0 Å². The van der Waals surface area contributed by atoms with Crippen LogP contribution in [0.5, 0.6) is 0 Å². The number of amides is 1. The molecular formula is C15H14F4N4O3. The number of carbonyl (C=O) groups excluding carboxylic acids is 1. The number of nitrogens with zero attached hydrogens (tertiary/aromatic N) is 4. The lowest BCUT2D eigenvalue weighted by Crippen LogP contribution is -2.30. The predicted molar refractivity (Wildman–Crippen MR) is 80.1 cm³/mol. The Bertz CT molecular complexity index is 819. The molecule has 1 aromatic heterocycles. The number of rotatable bonds is 6. The van der Waals surface area contributed by atoms with Gasteiger partial charge in [-0.15, -0.1) is 5.10 Å². The van der Waals surface area contributed by atoms with E-state index in [9.17, 15) is 27.2 Å². The van der Waals surface area contributed by atoms with Crippen molar-refractivity contribution >= 4 is 11.9 Å². The number of benzene rings is 1. The van der Waals surface area contributed by atoms with Gasteiger partial charge in [0.25, 0.3) is 5.91 Å². The summed E-state index contributed by atoms with van der Waals surface area (Å²) in [5.41, 5.74) is -2.99. The molecule has 0 unspecified atom stereocenters. The molecule has 1 heterocycles. The van der Waals surface area contributed by atoms with Crippen molar-refractivity contribution in [1.82, 2.24) is 19.9 Å². The van der Waals surface area contributed by atoms with E-state index in [4.69, 9.17) is 5.11 Å². The Morgan fingerprint density at radius 1 is 1.27 bits per heavy atom. The third-order valence-corrected chi connectivity index (χ3v) is 3.45. The van der Waals surface area contributed by atoms with E-state index in [-0.39, 0.29) is 24.1 Å². The van der Waals surface area contributed by atoms with E-state index < -0.39 is 40.9 Å². The third-order valence-electron chi connectivity index (χ3n) is 3.45. The molecule has 1 N–H and O–H groups in total. The summed E-state index contributed by atoms with van der Waals surface area (Å²) in [7, 11) is 1.21. The van der Waals surface area contributed by atoms with Gasteiger partial charge in [0.05, 0.1) is 0 Å². The maximum atomic E-state index is 13.8. The summed E-state index contributed by atoms with van der Waals surface area (Å²) in [6.07, 6.45) is -5.20. The molecule has 0 spiro atoms. The molecular weight excluding hydrogens is 360 g/mol. The normalized spacial score (nSPS) is 11.4. The first-order valence-corrected chi connectivity index (χ1v) is 7.38. The van der Waals surface area contributed by atoms with Crippen LogP contribution >= 0.6 is 0 Å². The summed E-state index contributed by atoms with van der Waals surface area (Å²) >= 11 is 0. The number of carboxylic acids is 1. The largest absolute Gasteiger partial charge is 0.481 e. The molecule has 0 aliphatic carbocycles. The van der Waals surface area contributed by atoms with E-state index in [2.05, 4.69) is 10.3 Å². The van der Waals surface area contributed by atoms with E-state index in [1.165, 1.54) is 19.2 Å². The molecule has 0 radical (unpaired) electrons. The Balaban J connectivity index is 2.39. The quantitative estimate of drug-likeness (QED) is 0.785. The highest BCUT2D eigenvalue weighted by molar-refractivity contribution is 5.93. The number of hydrogen-bond acceptors (Lipinski definition) is 4. The molecule has 11 heteroatoms. The Morgan fingerprint density at radius 2 is 1.92 bits per heavy atom. The Morgan fingerprint density at radius 3 is 2.50 bits per heavy atom. The number of aliphatic carboxylic acids is 1. The van der Waals surface area contributed by atoms with Crippen molar-refractivity contribution in [2.45, 2.75) is 19.0 Å². The molecule has 1 amide bonds. The van der Waals surface area contributed by atoms with Crippen LogP contribution in [0.1, 0.15) is 29.0 Å². The van der Waals surface area contributed by atoms with Gasteiger partial charge >= 0.3 is 12.1 Å². The van der Waals surface area contributed by atoms with Gasteiger partial charge in [-0.1, -0.05) is 17.3 Å². The molecule has 1 aromatic carbocycles. The SMILES string of the molecule is CN(CCCC(=O)O)C(=O)c1nnn(-c2ccccc2F)c1C(F)(F)F. The maximum absolute atomic E-state index is 13.8. The summed E-state index contributed by atoms with van der Waals surface area (Å²) in [5, 5.41) is 15.1. The topological polar surface area (TPSA) is 88.3 Å². The molecule has 0 atom stereocenters. The highest BCUT2D eigenvalue weighted by atomic mass is 19.4. The number of para-hydroxylation sites is 1. The second-order valence-electron chi connectivity index (χ2n) is 5.37. The van der Waals surface area contributed by atoms with Crippen molar-refractivity contribution in [2.24, 2.45) is 0 Å². The van der Waals surface area contributed by atoms with Crippen molar-refractivity contribution in [2.75, 3.05) is 13.6 Å². The number of aromatic nitrogens is 3. The van der Waals surface area contributed by atoms with Crippen LogP contribution in [-0.4, -0.2) is 50.5 Å². The number of halogens is 4. The van der Waals surface area contributed by atoms with Gasteiger partial charge in [0, 0.05) is 20.0 Å². The Labute approximate surface area is 144 Å². The molecule has 140 valence electrons. The van der Waals surface area contributed by atoms with Gasteiger partial charge in [0.2, 0.25) is 0 Å². The minimum Gasteiger partial charge on any atom is -0.481 e. The molecule has 26 heavy (non-hydrogen) atoms. The van der Waals surface area contributed by atoms with Crippen LogP contribution < -0.4 is 0 Å². The smallest absolute Gasteiger partial charge is 0.435 e. The molecule has 0 saturated carbocycles. The van der Waals surface area contributed by atoms with E-state index in [0.717, 1.165) is 17.0 Å². The number of alkyl halides is 3. The van der Waals surface area contributed by atoms with Crippen LogP contribution in [0, 0.1) is 5.82 Å². The average molecular weight is 374 g/mol. The minimum absolute atomic E-state index is 0.0559. The van der Waals surface area contributed by atoms with Crippen molar-refractivity contribution in [1.29, 1.82) is 0 Å². The van der Waals surface area contributed by atoms with Crippen molar-refractivity contribution < 1.29 is 32.3 Å². The van der Waals surface area contributed by atoms with Gasteiger partial charge in [-0.3, -0.25) is 9.59 Å². The molecule has 0 aliphatic rings. The second-order valence-corrected chi connectivity index (χ2v) is 5.37. The lowest BCUT2D eigenvalue weighted by molar-refractivity contribution is -0.143. The fourth-order valence-electron chi connectivity index (χ4n) is 2.22. The monoisotopic (exact) mass is 374 g/mol. The van der Waals surface area contributed by atoms with Gasteiger partial charge in [0.15, 0.2) is 11.4 Å². The fourth-order valence-corrected chi connectivity index (χ4v) is 2.22. The lowest BCUT2D eigenvalue weighted by Gasteiger charge is -2.17. The van der Waals surface area contributed by atoms with Crippen molar-refractivity contribution in [3.8, 4) is 5.69 Å². The Hall–Kier alpha value is -2.98. The molecule has 2 rings (SSSR count). The summed E-state index contributed by atoms with van der Waals surface area (Å²) in [4.78, 5) is 23.7. The van der Waals surface area contributed by atoms with Gasteiger partial charge < -0.3 is 10.0 Å². The maximum Gasteiger partial charge on any atom is 0.435 e. The molecule has 7 nitrogen and oxygen atoms in total. The summed E-state index contributed by atoms with van der Waals surface area (Å²) < 4.78 is 54.5. The Kier molecular flexibility index (Phi) is 5.58. The van der Waals surface area contributed by atoms with Crippen molar-refractivity contribution in [3.05, 3.63) is 41.5 Å². The lowest BCUT2D eigenvalue weighted by atomic mass is 10.2. The molecule has 0 fully saturated rings. The van der Waals surface area contributed by atoms with E-state index >= 15 is 0 Å². The highest BCUT2D eigenvalue weighted by Crippen LogP contribution is 2.33. The zero-order valence-electron chi connectivity index (χ0n) is 13.5. The van der Waals surface area contributed by atoms with E-state index in [1.54, 1.807) is 0 Å². The van der Waals surface area contributed by atoms with Crippen LogP contribution in [0.3, 0.4) is 0 Å². The first-order valence-electron chi connectivity index (χ1n) is 7.38. The molecule has 2 aromatic rings. The predicted octanol–water partition coefficient (Wildman–Crippen LogP) is 2.36. The first-order chi connectivity index (χ1) is 12.1. The van der Waals surface area contributed by atoms with Crippen LogP contribution in [0.25, 0.3) is 5.69 Å². The van der Waals surface area contributed by atoms with E-state index in [1.807, 2.05) is 0 Å². The number of carbonyl (C=O) groups is 2. The van der Waals surface area contributed by atoms with Gasteiger partial charge in [-0.25, -0.2) is 9.07 Å². The molecule has 0 bridgehead atoms. The standard InChI is InChI=1S/C15H14F4N4O3/c1-22(8-4-7-11(24)25)14(26)12-13(15(17,18)19)23(21-20-12)10-6-3-2-5-9(10)16/h2-3,5-6H,4,7-8H2,1H3,(H,24,25).